The molecule has 3 heterocycles. The fraction of sp³-hybridized carbons (Fsp3) is 0.364. The van der Waals surface area contributed by atoms with Crippen molar-refractivity contribution in [2.24, 2.45) is 0 Å². The third kappa shape index (κ3) is 4.17. The second kappa shape index (κ2) is 8.13. The first-order valence-corrected chi connectivity index (χ1v) is 10.1. The number of rotatable bonds is 5. The van der Waals surface area contributed by atoms with Crippen LogP contribution in [0, 0.1) is 6.92 Å². The van der Waals surface area contributed by atoms with Gasteiger partial charge in [-0.2, -0.15) is 18.3 Å². The van der Waals surface area contributed by atoms with Gasteiger partial charge in [-0.05, 0) is 30.5 Å². The van der Waals surface area contributed by atoms with E-state index in [-0.39, 0.29) is 24.3 Å². The molecular formula is C22H23F3N4O2. The molecular weight excluding hydrogens is 409 g/mol. The van der Waals surface area contributed by atoms with Gasteiger partial charge in [-0.3, -0.25) is 4.79 Å². The molecule has 2 N–H and O–H groups in total. The van der Waals surface area contributed by atoms with E-state index in [0.717, 1.165) is 27.8 Å². The number of hydrogen-bond acceptors (Lipinski definition) is 4. The van der Waals surface area contributed by atoms with Crippen LogP contribution in [0.1, 0.15) is 58.2 Å². The van der Waals surface area contributed by atoms with Crippen molar-refractivity contribution >= 4 is 11.7 Å². The number of hydrogen-bond donors (Lipinski definition) is 2. The summed E-state index contributed by atoms with van der Waals surface area (Å²) in [5.74, 6) is 0.236. The lowest BCUT2D eigenvalue weighted by molar-refractivity contribution is -0.173. The average molecular weight is 432 g/mol. The summed E-state index contributed by atoms with van der Waals surface area (Å²) in [5.41, 5.74) is 2.71. The Bertz CT molecular complexity index is 1070. The molecule has 0 saturated carbocycles. The molecule has 0 bridgehead atoms. The van der Waals surface area contributed by atoms with Crippen LogP contribution in [0.5, 0.6) is 0 Å². The number of amides is 1. The van der Waals surface area contributed by atoms with E-state index in [1.165, 1.54) is 12.5 Å². The highest BCUT2D eigenvalue weighted by atomic mass is 19.4. The normalized spacial score (nSPS) is 18.4. The number of benzene rings is 1. The summed E-state index contributed by atoms with van der Waals surface area (Å²) in [6.07, 6.45) is -1.16. The molecule has 0 radical (unpaired) electrons. The molecule has 31 heavy (non-hydrogen) atoms. The van der Waals surface area contributed by atoms with Crippen molar-refractivity contribution in [1.82, 2.24) is 15.1 Å². The Hall–Kier alpha value is -3.23. The lowest BCUT2D eigenvalue weighted by Crippen LogP contribution is -2.36. The summed E-state index contributed by atoms with van der Waals surface area (Å²) >= 11 is 0. The number of nitrogens with one attached hydrogen (secondary N) is 2. The summed E-state index contributed by atoms with van der Waals surface area (Å²) in [6, 6.07) is 6.80. The Morgan fingerprint density at radius 1 is 1.29 bits per heavy atom. The van der Waals surface area contributed by atoms with Gasteiger partial charge in [0, 0.05) is 18.5 Å². The van der Waals surface area contributed by atoms with E-state index in [1.54, 1.807) is 13.0 Å². The molecule has 164 valence electrons. The van der Waals surface area contributed by atoms with E-state index >= 15 is 0 Å². The zero-order chi connectivity index (χ0) is 22.2. The minimum atomic E-state index is -4.49. The first-order chi connectivity index (χ1) is 14.8. The fourth-order valence-electron chi connectivity index (χ4n) is 3.80. The molecule has 0 saturated heterocycles. The van der Waals surface area contributed by atoms with Gasteiger partial charge in [0.2, 0.25) is 0 Å². The van der Waals surface area contributed by atoms with Crippen molar-refractivity contribution in [2.45, 2.75) is 51.5 Å². The van der Waals surface area contributed by atoms with E-state index in [1.807, 2.05) is 31.2 Å². The van der Waals surface area contributed by atoms with Gasteiger partial charge in [0.25, 0.3) is 5.91 Å². The molecule has 6 nitrogen and oxygen atoms in total. The Kier molecular flexibility index (Phi) is 5.51. The van der Waals surface area contributed by atoms with Crippen LogP contribution in [0.25, 0.3) is 0 Å². The van der Waals surface area contributed by atoms with E-state index in [0.29, 0.717) is 5.76 Å². The first kappa shape index (κ1) is 21.0. The maximum absolute atomic E-state index is 13.8. The van der Waals surface area contributed by atoms with Crippen LogP contribution in [0.2, 0.25) is 0 Å². The number of furan rings is 1. The SMILES string of the molecule is CCc1ccc([C@@H]2C[C@H](C(F)(F)F)n3ncc(C(=O)NCc4ccoc4C)c3N2)cc1. The zero-order valence-corrected chi connectivity index (χ0v) is 17.2. The molecule has 2 atom stereocenters. The molecule has 0 spiro atoms. The Morgan fingerprint density at radius 2 is 2.03 bits per heavy atom. The number of nitrogens with zero attached hydrogens (tertiary/aromatic N) is 2. The second-order valence-corrected chi connectivity index (χ2v) is 7.62. The average Bonchev–Trinajstić information content (AvgIpc) is 3.36. The lowest BCUT2D eigenvalue weighted by atomic mass is 9.95. The third-order valence-corrected chi connectivity index (χ3v) is 5.68. The summed E-state index contributed by atoms with van der Waals surface area (Å²) in [7, 11) is 0. The standard InChI is InChI=1S/C22H23F3N4O2/c1-3-14-4-6-15(7-5-14)18-10-19(22(23,24)25)29-20(28-18)17(12-27-29)21(30)26-11-16-8-9-31-13(16)2/h4-9,12,18-19,28H,3,10-11H2,1-2H3,(H,26,30)/t18-,19+/m0/s1. The largest absolute Gasteiger partial charge is 0.469 e. The van der Waals surface area contributed by atoms with Gasteiger partial charge in [0.15, 0.2) is 6.04 Å². The third-order valence-electron chi connectivity index (χ3n) is 5.68. The van der Waals surface area contributed by atoms with Gasteiger partial charge >= 0.3 is 6.18 Å². The molecule has 1 aliphatic rings. The number of anilines is 1. The number of carbonyl (C=O) groups excluding carboxylic acids is 1. The van der Waals surface area contributed by atoms with E-state index in [2.05, 4.69) is 15.7 Å². The van der Waals surface area contributed by atoms with Crippen molar-refractivity contribution in [2.75, 3.05) is 5.32 Å². The van der Waals surface area contributed by atoms with E-state index in [9.17, 15) is 18.0 Å². The minimum absolute atomic E-state index is 0.0690. The fourth-order valence-corrected chi connectivity index (χ4v) is 3.80. The molecule has 1 aliphatic heterocycles. The highest BCUT2D eigenvalue weighted by Gasteiger charge is 2.47. The van der Waals surface area contributed by atoms with Gasteiger partial charge in [0.1, 0.15) is 17.1 Å². The molecule has 0 fully saturated rings. The van der Waals surface area contributed by atoms with Crippen molar-refractivity contribution in [3.05, 3.63) is 70.8 Å². The molecule has 4 rings (SSSR count). The monoisotopic (exact) mass is 432 g/mol. The van der Waals surface area contributed by atoms with Gasteiger partial charge in [-0.1, -0.05) is 31.2 Å². The Morgan fingerprint density at radius 3 is 2.65 bits per heavy atom. The summed E-state index contributed by atoms with van der Waals surface area (Å²) in [4.78, 5) is 12.8. The van der Waals surface area contributed by atoms with Crippen LogP contribution in [0.15, 0.2) is 47.2 Å². The minimum Gasteiger partial charge on any atom is -0.469 e. The molecule has 1 amide bonds. The van der Waals surface area contributed by atoms with Crippen LogP contribution in [0.3, 0.4) is 0 Å². The molecule has 0 unspecified atom stereocenters. The quantitative estimate of drug-likeness (QED) is 0.599. The molecule has 1 aromatic carbocycles. The lowest BCUT2D eigenvalue weighted by Gasteiger charge is -2.34. The zero-order valence-electron chi connectivity index (χ0n) is 17.2. The van der Waals surface area contributed by atoms with Crippen LogP contribution < -0.4 is 10.6 Å². The predicted molar refractivity (Wildman–Crippen MR) is 109 cm³/mol. The van der Waals surface area contributed by atoms with Gasteiger partial charge in [-0.25, -0.2) is 4.68 Å². The number of carbonyl (C=O) groups is 1. The van der Waals surface area contributed by atoms with Gasteiger partial charge in [0.05, 0.1) is 18.5 Å². The molecule has 9 heteroatoms. The summed E-state index contributed by atoms with van der Waals surface area (Å²) < 4.78 is 47.5. The number of alkyl halides is 3. The molecule has 2 aromatic heterocycles. The van der Waals surface area contributed by atoms with Crippen LogP contribution in [-0.4, -0.2) is 21.9 Å². The number of aryl methyl sites for hydroxylation is 2. The van der Waals surface area contributed by atoms with Crippen molar-refractivity contribution in [3.63, 3.8) is 0 Å². The maximum Gasteiger partial charge on any atom is 0.410 e. The van der Waals surface area contributed by atoms with Gasteiger partial charge in [-0.15, -0.1) is 0 Å². The number of fused-ring (bicyclic) bond motifs is 1. The van der Waals surface area contributed by atoms with Gasteiger partial charge < -0.3 is 15.1 Å². The summed E-state index contributed by atoms with van der Waals surface area (Å²) in [5, 5.41) is 9.73. The number of aromatic nitrogens is 2. The first-order valence-electron chi connectivity index (χ1n) is 10.1. The second-order valence-electron chi connectivity index (χ2n) is 7.62. The van der Waals surface area contributed by atoms with E-state index < -0.39 is 24.2 Å². The smallest absolute Gasteiger partial charge is 0.410 e. The van der Waals surface area contributed by atoms with Crippen LogP contribution in [-0.2, 0) is 13.0 Å². The highest BCUT2D eigenvalue weighted by Crippen LogP contribution is 2.44. The molecule has 0 aliphatic carbocycles. The van der Waals surface area contributed by atoms with Crippen molar-refractivity contribution in [1.29, 1.82) is 0 Å². The highest BCUT2D eigenvalue weighted by molar-refractivity contribution is 5.98. The summed E-state index contributed by atoms with van der Waals surface area (Å²) in [6.45, 7) is 3.99. The Balaban J connectivity index is 1.62. The Labute approximate surface area is 177 Å². The van der Waals surface area contributed by atoms with Crippen LogP contribution in [0.4, 0.5) is 19.0 Å². The van der Waals surface area contributed by atoms with E-state index in [4.69, 9.17) is 4.42 Å². The van der Waals surface area contributed by atoms with Crippen molar-refractivity contribution in [3.8, 4) is 0 Å². The molecule has 3 aromatic rings. The topological polar surface area (TPSA) is 72.1 Å². The number of halogens is 3. The van der Waals surface area contributed by atoms with Crippen molar-refractivity contribution < 1.29 is 22.4 Å². The predicted octanol–water partition coefficient (Wildman–Crippen LogP) is 4.94. The maximum atomic E-state index is 13.8. The van der Waals surface area contributed by atoms with Crippen LogP contribution >= 0.6 is 0 Å².